The zero-order chi connectivity index (χ0) is 17.9. The van der Waals surface area contributed by atoms with Crippen LogP contribution < -0.4 is 0 Å². The molecule has 24 heavy (non-hydrogen) atoms. The molecule has 0 radical (unpaired) electrons. The number of rotatable bonds is 7. The van der Waals surface area contributed by atoms with Crippen molar-refractivity contribution in [1.82, 2.24) is 9.80 Å². The first kappa shape index (κ1) is 20.7. The molecular weight excluding hydrogens is 296 g/mol. The maximum Gasteiger partial charge on any atom is 0.246 e. The Hall–Kier alpha value is -1.35. The quantitative estimate of drug-likeness (QED) is 0.503. The molecule has 0 N–H and O–H groups in total. The van der Waals surface area contributed by atoms with Gasteiger partial charge < -0.3 is 9.80 Å². The molecule has 0 aromatic carbocycles. The first-order valence-corrected chi connectivity index (χ1v) is 9.32. The highest BCUT2D eigenvalue weighted by Crippen LogP contribution is 2.12. The summed E-state index contributed by atoms with van der Waals surface area (Å²) in [5.74, 6) is 0.187. The van der Waals surface area contributed by atoms with Gasteiger partial charge in [-0.2, -0.15) is 0 Å². The molecule has 1 amide bonds. The van der Waals surface area contributed by atoms with Crippen LogP contribution in [0.3, 0.4) is 0 Å². The van der Waals surface area contributed by atoms with E-state index in [2.05, 4.69) is 51.8 Å². The standard InChI is InChI=1S/C21H36N2O/c1-18(2)9-6-10-19(3)11-7-12-20(4)17-21(24)23-14-8-13-22(5)15-16-23/h9,11,17H,6-8,10,12-16H2,1-5H3. The van der Waals surface area contributed by atoms with Crippen molar-refractivity contribution in [2.45, 2.75) is 59.8 Å². The molecule has 3 nitrogen and oxygen atoms in total. The number of hydrogen-bond acceptors (Lipinski definition) is 2. The van der Waals surface area contributed by atoms with E-state index in [1.165, 1.54) is 16.7 Å². The van der Waals surface area contributed by atoms with Crippen molar-refractivity contribution < 1.29 is 4.79 Å². The van der Waals surface area contributed by atoms with Gasteiger partial charge in [0, 0.05) is 25.7 Å². The first-order valence-electron chi connectivity index (χ1n) is 9.32. The molecule has 1 heterocycles. The second kappa shape index (κ2) is 11.2. The lowest BCUT2D eigenvalue weighted by Crippen LogP contribution is -2.33. The number of hydrogen-bond donors (Lipinski definition) is 0. The third-order valence-electron chi connectivity index (χ3n) is 4.52. The Morgan fingerprint density at radius 3 is 2.25 bits per heavy atom. The molecule has 1 aliphatic heterocycles. The number of nitrogens with zero attached hydrogens (tertiary/aromatic N) is 2. The Bertz CT molecular complexity index is 484. The van der Waals surface area contributed by atoms with Crippen LogP contribution in [0.15, 0.2) is 34.9 Å². The predicted molar refractivity (Wildman–Crippen MR) is 104 cm³/mol. The SMILES string of the molecule is CC(C)=CCCC(C)=CCCC(C)=CC(=O)N1CCCN(C)CC1. The third-order valence-corrected chi connectivity index (χ3v) is 4.52. The van der Waals surface area contributed by atoms with E-state index in [1.807, 2.05) is 11.0 Å². The normalized spacial score (nSPS) is 17.6. The fraction of sp³-hybridized carbons (Fsp3) is 0.667. The van der Waals surface area contributed by atoms with E-state index in [-0.39, 0.29) is 5.91 Å². The van der Waals surface area contributed by atoms with Gasteiger partial charge in [-0.15, -0.1) is 0 Å². The summed E-state index contributed by atoms with van der Waals surface area (Å²) in [5, 5.41) is 0. The molecule has 0 saturated carbocycles. The monoisotopic (exact) mass is 332 g/mol. The molecule has 0 aromatic rings. The van der Waals surface area contributed by atoms with Crippen molar-refractivity contribution in [3.05, 3.63) is 34.9 Å². The minimum atomic E-state index is 0.187. The summed E-state index contributed by atoms with van der Waals surface area (Å²) in [6.45, 7) is 12.4. The van der Waals surface area contributed by atoms with Crippen LogP contribution in [0.4, 0.5) is 0 Å². The molecule has 0 spiro atoms. The van der Waals surface area contributed by atoms with E-state index in [0.717, 1.165) is 58.3 Å². The average molecular weight is 333 g/mol. The van der Waals surface area contributed by atoms with E-state index in [4.69, 9.17) is 0 Å². The molecule has 1 aliphatic rings. The molecule has 0 unspecified atom stereocenters. The minimum absolute atomic E-state index is 0.187. The van der Waals surface area contributed by atoms with E-state index in [9.17, 15) is 4.79 Å². The molecule has 136 valence electrons. The van der Waals surface area contributed by atoms with Gasteiger partial charge in [-0.1, -0.05) is 28.9 Å². The summed E-state index contributed by atoms with van der Waals surface area (Å²) in [6, 6.07) is 0. The Balaban J connectivity index is 2.37. The van der Waals surface area contributed by atoms with E-state index >= 15 is 0 Å². The van der Waals surface area contributed by atoms with Crippen molar-refractivity contribution >= 4 is 5.91 Å². The van der Waals surface area contributed by atoms with Crippen molar-refractivity contribution in [2.24, 2.45) is 0 Å². The van der Waals surface area contributed by atoms with Crippen LogP contribution in [-0.4, -0.2) is 48.9 Å². The summed E-state index contributed by atoms with van der Waals surface area (Å²) in [6.07, 6.45) is 11.8. The Morgan fingerprint density at radius 1 is 0.875 bits per heavy atom. The van der Waals surface area contributed by atoms with Gasteiger partial charge in [-0.3, -0.25) is 4.79 Å². The van der Waals surface area contributed by atoms with Crippen LogP contribution in [0.25, 0.3) is 0 Å². The smallest absolute Gasteiger partial charge is 0.246 e. The molecule has 0 aromatic heterocycles. The van der Waals surface area contributed by atoms with Gasteiger partial charge in [0.2, 0.25) is 5.91 Å². The minimum Gasteiger partial charge on any atom is -0.338 e. The van der Waals surface area contributed by atoms with Gasteiger partial charge in [0.25, 0.3) is 0 Å². The van der Waals surface area contributed by atoms with Gasteiger partial charge in [-0.05, 0) is 73.4 Å². The lowest BCUT2D eigenvalue weighted by molar-refractivity contribution is -0.125. The van der Waals surface area contributed by atoms with Crippen LogP contribution in [0.1, 0.15) is 59.8 Å². The van der Waals surface area contributed by atoms with Crippen LogP contribution >= 0.6 is 0 Å². The Morgan fingerprint density at radius 2 is 1.54 bits per heavy atom. The van der Waals surface area contributed by atoms with Gasteiger partial charge >= 0.3 is 0 Å². The van der Waals surface area contributed by atoms with Crippen molar-refractivity contribution in [3.8, 4) is 0 Å². The lowest BCUT2D eigenvalue weighted by atomic mass is 10.1. The second-order valence-corrected chi connectivity index (χ2v) is 7.38. The summed E-state index contributed by atoms with van der Waals surface area (Å²) < 4.78 is 0. The molecule has 1 fully saturated rings. The van der Waals surface area contributed by atoms with Gasteiger partial charge in [-0.25, -0.2) is 0 Å². The topological polar surface area (TPSA) is 23.6 Å². The van der Waals surface area contributed by atoms with Crippen LogP contribution in [0.2, 0.25) is 0 Å². The van der Waals surface area contributed by atoms with E-state index < -0.39 is 0 Å². The highest BCUT2D eigenvalue weighted by molar-refractivity contribution is 5.88. The Labute approximate surface area is 149 Å². The number of carbonyl (C=O) groups excluding carboxylic acids is 1. The molecule has 0 bridgehead atoms. The van der Waals surface area contributed by atoms with Crippen molar-refractivity contribution in [1.29, 1.82) is 0 Å². The highest BCUT2D eigenvalue weighted by atomic mass is 16.2. The number of amides is 1. The van der Waals surface area contributed by atoms with E-state index in [0.29, 0.717) is 0 Å². The first-order chi connectivity index (χ1) is 11.4. The maximum atomic E-state index is 12.4. The average Bonchev–Trinajstić information content (AvgIpc) is 2.71. The van der Waals surface area contributed by atoms with Crippen LogP contribution in [-0.2, 0) is 4.79 Å². The second-order valence-electron chi connectivity index (χ2n) is 7.38. The number of allylic oxidation sites excluding steroid dienone is 5. The van der Waals surface area contributed by atoms with Gasteiger partial charge in [0.15, 0.2) is 0 Å². The number of carbonyl (C=O) groups is 1. The third kappa shape index (κ3) is 9.07. The zero-order valence-corrected chi connectivity index (χ0v) is 16.4. The molecule has 0 aliphatic carbocycles. The largest absolute Gasteiger partial charge is 0.338 e. The van der Waals surface area contributed by atoms with Gasteiger partial charge in [0.05, 0.1) is 0 Å². The van der Waals surface area contributed by atoms with Crippen LogP contribution in [0.5, 0.6) is 0 Å². The fourth-order valence-corrected chi connectivity index (χ4v) is 2.88. The fourth-order valence-electron chi connectivity index (χ4n) is 2.88. The van der Waals surface area contributed by atoms with Gasteiger partial charge in [0.1, 0.15) is 0 Å². The molecular formula is C21H36N2O. The Kier molecular flexibility index (Phi) is 9.70. The molecule has 3 heteroatoms. The molecule has 1 rings (SSSR count). The van der Waals surface area contributed by atoms with Crippen molar-refractivity contribution in [3.63, 3.8) is 0 Å². The summed E-state index contributed by atoms with van der Waals surface area (Å²) in [5.41, 5.74) is 4.02. The summed E-state index contributed by atoms with van der Waals surface area (Å²) >= 11 is 0. The summed E-state index contributed by atoms with van der Waals surface area (Å²) in [4.78, 5) is 16.7. The maximum absolute atomic E-state index is 12.4. The number of likely N-dealkylation sites (N-methyl/N-ethyl adjacent to an activating group) is 1. The van der Waals surface area contributed by atoms with E-state index in [1.54, 1.807) is 0 Å². The highest BCUT2D eigenvalue weighted by Gasteiger charge is 2.15. The summed E-state index contributed by atoms with van der Waals surface area (Å²) in [7, 11) is 2.13. The lowest BCUT2D eigenvalue weighted by Gasteiger charge is -2.19. The predicted octanol–water partition coefficient (Wildman–Crippen LogP) is 4.57. The molecule has 0 atom stereocenters. The zero-order valence-electron chi connectivity index (χ0n) is 16.4. The molecule has 1 saturated heterocycles. The van der Waals surface area contributed by atoms with Crippen molar-refractivity contribution in [2.75, 3.05) is 33.2 Å². The van der Waals surface area contributed by atoms with Crippen LogP contribution in [0, 0.1) is 0 Å².